The molecule has 4 nitrogen and oxygen atoms in total. The largest absolute Gasteiger partial charge is 0.432 e. The van der Waals surface area contributed by atoms with Crippen LogP contribution in [0.3, 0.4) is 0 Å². The Morgan fingerprint density at radius 1 is 1.62 bits per heavy atom. The van der Waals surface area contributed by atoms with Crippen molar-refractivity contribution in [3.8, 4) is 0 Å². The van der Waals surface area contributed by atoms with E-state index in [0.717, 1.165) is 6.08 Å². The third kappa shape index (κ3) is 3.29. The number of carbonyl (C=O) groups is 1. The molecule has 0 aromatic carbocycles. The molecule has 0 radical (unpaired) electrons. The predicted octanol–water partition coefficient (Wildman–Crippen LogP) is -0.584. The molecular weight excluding hydrogens is 188 g/mol. The summed E-state index contributed by atoms with van der Waals surface area (Å²) >= 11 is 0. The molecule has 0 fully saturated rings. The van der Waals surface area contributed by atoms with Crippen LogP contribution in [0.2, 0.25) is 0 Å². The van der Waals surface area contributed by atoms with Crippen molar-refractivity contribution in [2.45, 2.75) is 18.4 Å². The highest BCUT2D eigenvalue weighted by Gasteiger charge is 2.34. The fraction of sp³-hybridized carbons (Fsp3) is 0.625. The first-order chi connectivity index (χ1) is 6.00. The van der Waals surface area contributed by atoms with Crippen molar-refractivity contribution < 1.29 is 19.0 Å². The summed E-state index contributed by atoms with van der Waals surface area (Å²) in [6, 6.07) is 0. The molecule has 0 aliphatic rings. The van der Waals surface area contributed by atoms with E-state index in [2.05, 4.69) is 6.58 Å². The molecule has 0 saturated carbocycles. The van der Waals surface area contributed by atoms with Crippen molar-refractivity contribution in [1.82, 2.24) is 0 Å². The van der Waals surface area contributed by atoms with Crippen LogP contribution in [-0.4, -0.2) is 41.9 Å². The zero-order chi connectivity index (χ0) is 10.5. The van der Waals surface area contributed by atoms with Crippen LogP contribution >= 0.6 is 0 Å². The number of carbonyl (C=O) groups excluding carboxylic acids is 1. The Labute approximate surface area is 81.3 Å². The Morgan fingerprint density at radius 3 is 2.46 bits per heavy atom. The first-order valence-corrected chi connectivity index (χ1v) is 4.93. The van der Waals surface area contributed by atoms with E-state index < -0.39 is 11.4 Å². The van der Waals surface area contributed by atoms with Gasteiger partial charge in [0.2, 0.25) is 5.41 Å². The lowest BCUT2D eigenvalue weighted by Gasteiger charge is -2.32. The molecule has 0 aliphatic heterocycles. The zero-order valence-corrected chi connectivity index (χ0v) is 10.5. The monoisotopic (exact) mass is 204 g/mol. The predicted molar refractivity (Wildman–Crippen MR) is 52.4 cm³/mol. The number of ether oxygens (including phenoxy) is 3. The molecule has 0 rings (SSSR count). The molecule has 0 aromatic heterocycles. The van der Waals surface area contributed by atoms with Gasteiger partial charge < -0.3 is 14.2 Å². The van der Waals surface area contributed by atoms with E-state index in [0.29, 0.717) is 10.2 Å². The highest BCUT2D eigenvalue weighted by molar-refractivity contribution is 6.14. The van der Waals surface area contributed by atoms with Gasteiger partial charge in [0.1, 0.15) is 6.10 Å². The summed E-state index contributed by atoms with van der Waals surface area (Å²) in [7, 11) is 3.55. The number of rotatable bonds is 5. The summed E-state index contributed by atoms with van der Waals surface area (Å²) in [4.78, 5) is 11.0. The maximum atomic E-state index is 11.0. The van der Waals surface area contributed by atoms with Gasteiger partial charge in [0.05, 0.1) is 10.2 Å². The van der Waals surface area contributed by atoms with Crippen molar-refractivity contribution in [2.75, 3.05) is 14.2 Å². The summed E-state index contributed by atoms with van der Waals surface area (Å²) in [5.74, 6) is -0.499. The molecule has 13 heavy (non-hydrogen) atoms. The first-order valence-electron chi connectivity index (χ1n) is 3.93. The highest BCUT2D eigenvalue weighted by atomic mass is 28.1. The van der Waals surface area contributed by atoms with Gasteiger partial charge in [-0.25, -0.2) is 4.79 Å². The molecule has 0 heterocycles. The average Bonchev–Trinajstić information content (AvgIpc) is 2.15. The molecule has 0 N–H and O–H groups in total. The number of hydrogen-bond acceptors (Lipinski definition) is 4. The quantitative estimate of drug-likeness (QED) is 0.260. The molecule has 0 aliphatic carbocycles. The average molecular weight is 204 g/mol. The van der Waals surface area contributed by atoms with E-state index >= 15 is 0 Å². The van der Waals surface area contributed by atoms with Crippen molar-refractivity contribution in [3.63, 3.8) is 0 Å². The van der Waals surface area contributed by atoms with E-state index in [-0.39, 0.29) is 6.10 Å². The van der Waals surface area contributed by atoms with Crippen LogP contribution in [-0.2, 0) is 19.0 Å². The minimum absolute atomic E-state index is 0.284. The summed E-state index contributed by atoms with van der Waals surface area (Å²) < 4.78 is 15.2. The van der Waals surface area contributed by atoms with Gasteiger partial charge in [0.25, 0.3) is 0 Å². The van der Waals surface area contributed by atoms with E-state index in [9.17, 15) is 4.79 Å². The minimum atomic E-state index is -0.931. The standard InChI is InChI=1S/C8H16O4Si/c1-5-7(9)12-8(13,11-4)6(2)10-3/h5-6H,1H2,2-4,13H3. The maximum Gasteiger partial charge on any atom is 0.332 e. The van der Waals surface area contributed by atoms with Crippen molar-refractivity contribution in [1.29, 1.82) is 0 Å². The van der Waals surface area contributed by atoms with E-state index in [1.807, 2.05) is 0 Å². The van der Waals surface area contributed by atoms with Crippen molar-refractivity contribution in [3.05, 3.63) is 12.7 Å². The van der Waals surface area contributed by atoms with Crippen molar-refractivity contribution in [2.24, 2.45) is 0 Å². The van der Waals surface area contributed by atoms with Crippen LogP contribution in [0.1, 0.15) is 6.92 Å². The smallest absolute Gasteiger partial charge is 0.332 e. The minimum Gasteiger partial charge on any atom is -0.432 e. The van der Waals surface area contributed by atoms with E-state index in [1.165, 1.54) is 14.2 Å². The van der Waals surface area contributed by atoms with Gasteiger partial charge in [-0.3, -0.25) is 0 Å². The van der Waals surface area contributed by atoms with Gasteiger partial charge in [-0.15, -0.1) is 0 Å². The Hall–Kier alpha value is -0.653. The van der Waals surface area contributed by atoms with E-state index in [4.69, 9.17) is 14.2 Å². The second kappa shape index (κ2) is 5.16. The molecule has 2 unspecified atom stereocenters. The molecule has 0 aromatic rings. The maximum absolute atomic E-state index is 11.0. The third-order valence-electron chi connectivity index (χ3n) is 1.97. The van der Waals surface area contributed by atoms with Crippen LogP contribution in [0.5, 0.6) is 0 Å². The lowest BCUT2D eigenvalue weighted by Crippen LogP contribution is -2.48. The van der Waals surface area contributed by atoms with Crippen LogP contribution < -0.4 is 0 Å². The molecule has 0 saturated heterocycles. The lowest BCUT2D eigenvalue weighted by molar-refractivity contribution is -0.214. The van der Waals surface area contributed by atoms with Crippen LogP contribution in [0.15, 0.2) is 12.7 Å². The molecule has 76 valence electrons. The van der Waals surface area contributed by atoms with Gasteiger partial charge in [0.15, 0.2) is 0 Å². The summed E-state index contributed by atoms with van der Waals surface area (Å²) in [6.07, 6.45) is 0.821. The van der Waals surface area contributed by atoms with Crippen LogP contribution in [0.4, 0.5) is 0 Å². The number of esters is 1. The number of methoxy groups -OCH3 is 2. The molecule has 0 bridgehead atoms. The number of hydrogen-bond donors (Lipinski definition) is 0. The Kier molecular flexibility index (Phi) is 4.90. The van der Waals surface area contributed by atoms with Crippen molar-refractivity contribution >= 4 is 16.2 Å². The molecular formula is C8H16O4Si. The highest BCUT2D eigenvalue weighted by Crippen LogP contribution is 2.15. The summed E-state index contributed by atoms with van der Waals surface area (Å²) in [6.45, 7) is 5.09. The first kappa shape index (κ1) is 12.3. The fourth-order valence-electron chi connectivity index (χ4n) is 0.746. The molecule has 0 spiro atoms. The Morgan fingerprint density at radius 2 is 2.15 bits per heavy atom. The van der Waals surface area contributed by atoms with Crippen LogP contribution in [0.25, 0.3) is 0 Å². The summed E-state index contributed by atoms with van der Waals surface area (Å²) in [5.41, 5.74) is -0.931. The van der Waals surface area contributed by atoms with Gasteiger partial charge >= 0.3 is 5.97 Å². The van der Waals surface area contributed by atoms with Gasteiger partial charge in [-0.1, -0.05) is 6.58 Å². The third-order valence-corrected chi connectivity index (χ3v) is 3.39. The lowest BCUT2D eigenvalue weighted by atomic mass is 10.4. The van der Waals surface area contributed by atoms with E-state index in [1.54, 1.807) is 6.92 Å². The second-order valence-corrected chi connectivity index (χ2v) is 4.12. The Balaban J connectivity index is 4.43. The normalized spacial score (nSPS) is 17.5. The zero-order valence-electron chi connectivity index (χ0n) is 8.49. The summed E-state index contributed by atoms with van der Waals surface area (Å²) in [5, 5.41) is 0. The molecule has 2 atom stereocenters. The topological polar surface area (TPSA) is 44.8 Å². The SMILES string of the molecule is C=CC(=O)OC([SiH3])(OC)C(C)OC. The second-order valence-electron chi connectivity index (χ2n) is 2.72. The van der Waals surface area contributed by atoms with Crippen LogP contribution in [0, 0.1) is 0 Å². The Bertz CT molecular complexity index is 195. The molecule has 0 amide bonds. The van der Waals surface area contributed by atoms with Gasteiger partial charge in [-0.2, -0.15) is 0 Å². The van der Waals surface area contributed by atoms with Gasteiger partial charge in [-0.05, 0) is 6.92 Å². The van der Waals surface area contributed by atoms with Gasteiger partial charge in [0, 0.05) is 20.3 Å². The molecule has 5 heteroatoms. The fourth-order valence-corrected chi connectivity index (χ4v) is 1.18.